The zero-order valence-corrected chi connectivity index (χ0v) is 13.3. The number of anilines is 1. The summed E-state index contributed by atoms with van der Waals surface area (Å²) in [6.45, 7) is 3.52. The average Bonchev–Trinajstić information content (AvgIpc) is 3.17. The minimum Gasteiger partial charge on any atom is -0.411 e. The first-order valence-corrected chi connectivity index (χ1v) is 7.79. The molecule has 7 nitrogen and oxygen atoms in total. The van der Waals surface area contributed by atoms with Gasteiger partial charge in [-0.1, -0.05) is 35.1 Å². The molecular weight excluding hydrogens is 316 g/mol. The summed E-state index contributed by atoms with van der Waals surface area (Å²) in [6.07, 6.45) is 0. The summed E-state index contributed by atoms with van der Waals surface area (Å²) in [5, 5.41) is 14.2. The number of aromatic nitrogens is 3. The van der Waals surface area contributed by atoms with Crippen molar-refractivity contribution in [3.63, 3.8) is 0 Å². The summed E-state index contributed by atoms with van der Waals surface area (Å²) >= 11 is 1.18. The van der Waals surface area contributed by atoms with Crippen LogP contribution in [-0.2, 0) is 4.79 Å². The molecule has 0 aliphatic heterocycles. The summed E-state index contributed by atoms with van der Waals surface area (Å²) in [6, 6.07) is 11.1. The quantitative estimate of drug-likeness (QED) is 0.718. The summed E-state index contributed by atoms with van der Waals surface area (Å²) in [7, 11) is 0. The first kappa shape index (κ1) is 15.3. The highest BCUT2D eigenvalue weighted by atomic mass is 32.2. The van der Waals surface area contributed by atoms with Crippen LogP contribution in [0.3, 0.4) is 0 Å². The van der Waals surface area contributed by atoms with Gasteiger partial charge in [0.1, 0.15) is 0 Å². The first-order valence-electron chi connectivity index (χ1n) is 6.91. The Hall–Kier alpha value is -2.61. The molecule has 2 heterocycles. The number of benzene rings is 1. The maximum atomic E-state index is 12.1. The van der Waals surface area contributed by atoms with E-state index in [9.17, 15) is 4.79 Å². The van der Waals surface area contributed by atoms with Gasteiger partial charge in [0.15, 0.2) is 0 Å². The Balaban J connectivity index is 1.62. The third-order valence-corrected chi connectivity index (χ3v) is 3.88. The molecular formula is C15H14N4O3S. The standard InChI is InChI=1S/C15H14N4O3S/c1-9-8-12(22-19-9)16-13(20)10(2)23-15-18-17-14(21-15)11-6-4-3-5-7-11/h3-8,10H,1-2H3,(H,16,20). The van der Waals surface area contributed by atoms with Gasteiger partial charge in [-0.2, -0.15) is 0 Å². The number of thioether (sulfide) groups is 1. The number of rotatable bonds is 5. The van der Waals surface area contributed by atoms with Crippen LogP contribution in [0.25, 0.3) is 11.5 Å². The molecule has 0 saturated heterocycles. The van der Waals surface area contributed by atoms with E-state index in [1.54, 1.807) is 19.9 Å². The average molecular weight is 330 g/mol. The topological polar surface area (TPSA) is 94.1 Å². The Morgan fingerprint density at radius 2 is 2.04 bits per heavy atom. The van der Waals surface area contributed by atoms with Crippen LogP contribution in [0, 0.1) is 6.92 Å². The summed E-state index contributed by atoms with van der Waals surface area (Å²) in [5.41, 5.74) is 1.53. The van der Waals surface area contributed by atoms with Crippen LogP contribution >= 0.6 is 11.8 Å². The van der Waals surface area contributed by atoms with Crippen molar-refractivity contribution in [2.24, 2.45) is 0 Å². The van der Waals surface area contributed by atoms with Crippen LogP contribution in [0.15, 0.2) is 50.6 Å². The third kappa shape index (κ3) is 3.78. The van der Waals surface area contributed by atoms with Gasteiger partial charge in [-0.3, -0.25) is 10.1 Å². The van der Waals surface area contributed by atoms with E-state index in [1.807, 2.05) is 30.3 Å². The second-order valence-electron chi connectivity index (χ2n) is 4.82. The summed E-state index contributed by atoms with van der Waals surface area (Å²) < 4.78 is 10.5. The molecule has 0 spiro atoms. The van der Waals surface area contributed by atoms with Crippen molar-refractivity contribution in [2.75, 3.05) is 5.32 Å². The van der Waals surface area contributed by atoms with Gasteiger partial charge >= 0.3 is 0 Å². The zero-order valence-electron chi connectivity index (χ0n) is 12.5. The Kier molecular flexibility index (Phi) is 4.42. The number of amides is 1. The molecule has 1 N–H and O–H groups in total. The minimum absolute atomic E-state index is 0.231. The number of carbonyl (C=O) groups is 1. The smallest absolute Gasteiger partial charge is 0.277 e. The van der Waals surface area contributed by atoms with Gasteiger partial charge in [-0.25, -0.2) is 0 Å². The molecule has 1 atom stereocenters. The second kappa shape index (κ2) is 6.66. The van der Waals surface area contributed by atoms with Gasteiger partial charge in [0.2, 0.25) is 17.7 Å². The molecule has 118 valence electrons. The number of carbonyl (C=O) groups excluding carboxylic acids is 1. The van der Waals surface area contributed by atoms with Gasteiger partial charge in [-0.15, -0.1) is 10.2 Å². The van der Waals surface area contributed by atoms with Crippen LogP contribution in [0.4, 0.5) is 5.88 Å². The van der Waals surface area contributed by atoms with Crippen molar-refractivity contribution in [3.05, 3.63) is 42.1 Å². The Morgan fingerprint density at radius 3 is 2.74 bits per heavy atom. The zero-order chi connectivity index (χ0) is 16.2. The number of aryl methyl sites for hydroxylation is 1. The van der Waals surface area contributed by atoms with Crippen molar-refractivity contribution in [2.45, 2.75) is 24.3 Å². The minimum atomic E-state index is -0.426. The Bertz CT molecular complexity index is 800. The molecule has 0 radical (unpaired) electrons. The van der Waals surface area contributed by atoms with E-state index in [2.05, 4.69) is 20.7 Å². The monoisotopic (exact) mass is 330 g/mol. The number of nitrogens with zero attached hydrogens (tertiary/aromatic N) is 3. The van der Waals surface area contributed by atoms with Crippen molar-refractivity contribution >= 4 is 23.6 Å². The highest BCUT2D eigenvalue weighted by Crippen LogP contribution is 2.26. The van der Waals surface area contributed by atoms with Gasteiger partial charge < -0.3 is 8.94 Å². The van der Waals surface area contributed by atoms with E-state index in [-0.39, 0.29) is 5.91 Å². The predicted molar refractivity (Wildman–Crippen MR) is 84.9 cm³/mol. The van der Waals surface area contributed by atoms with Crippen molar-refractivity contribution < 1.29 is 13.7 Å². The molecule has 0 aliphatic carbocycles. The van der Waals surface area contributed by atoms with Gasteiger partial charge in [-0.05, 0) is 26.0 Å². The van der Waals surface area contributed by atoms with Gasteiger partial charge in [0, 0.05) is 11.6 Å². The number of hydrogen-bond donors (Lipinski definition) is 1. The van der Waals surface area contributed by atoms with Crippen molar-refractivity contribution in [1.29, 1.82) is 0 Å². The summed E-state index contributed by atoms with van der Waals surface area (Å²) in [4.78, 5) is 12.1. The Morgan fingerprint density at radius 1 is 1.26 bits per heavy atom. The van der Waals surface area contributed by atoms with Crippen LogP contribution in [-0.4, -0.2) is 26.5 Å². The highest BCUT2D eigenvalue weighted by Gasteiger charge is 2.20. The lowest BCUT2D eigenvalue weighted by molar-refractivity contribution is -0.115. The normalized spacial score (nSPS) is 12.1. The van der Waals surface area contributed by atoms with E-state index in [0.29, 0.717) is 22.7 Å². The molecule has 2 aromatic heterocycles. The lowest BCUT2D eigenvalue weighted by atomic mass is 10.2. The van der Waals surface area contributed by atoms with Gasteiger partial charge in [0.25, 0.3) is 5.22 Å². The molecule has 3 rings (SSSR count). The maximum absolute atomic E-state index is 12.1. The fourth-order valence-electron chi connectivity index (χ4n) is 1.81. The van der Waals surface area contributed by atoms with Crippen molar-refractivity contribution in [1.82, 2.24) is 15.4 Å². The molecule has 1 amide bonds. The van der Waals surface area contributed by atoms with E-state index in [4.69, 9.17) is 8.94 Å². The maximum Gasteiger partial charge on any atom is 0.277 e. The molecule has 0 bridgehead atoms. The fraction of sp³-hybridized carbons (Fsp3) is 0.200. The van der Waals surface area contributed by atoms with Crippen LogP contribution in [0.2, 0.25) is 0 Å². The van der Waals surface area contributed by atoms with Crippen LogP contribution in [0.1, 0.15) is 12.6 Å². The SMILES string of the molecule is Cc1cc(NC(=O)C(C)Sc2nnc(-c3ccccc3)o2)on1. The first-order chi connectivity index (χ1) is 11.1. The lowest BCUT2D eigenvalue weighted by Crippen LogP contribution is -2.22. The van der Waals surface area contributed by atoms with E-state index in [1.165, 1.54) is 11.8 Å². The number of hydrogen-bond acceptors (Lipinski definition) is 7. The fourth-order valence-corrected chi connectivity index (χ4v) is 2.49. The molecule has 0 aliphatic rings. The predicted octanol–water partition coefficient (Wildman–Crippen LogP) is 3.15. The molecule has 0 saturated carbocycles. The van der Waals surface area contributed by atoms with E-state index in [0.717, 1.165) is 5.56 Å². The highest BCUT2D eigenvalue weighted by molar-refractivity contribution is 8.00. The molecule has 3 aromatic rings. The van der Waals surface area contributed by atoms with E-state index >= 15 is 0 Å². The second-order valence-corrected chi connectivity index (χ2v) is 6.11. The van der Waals surface area contributed by atoms with Crippen LogP contribution in [0.5, 0.6) is 0 Å². The summed E-state index contributed by atoms with van der Waals surface area (Å²) in [5.74, 6) is 0.507. The largest absolute Gasteiger partial charge is 0.411 e. The third-order valence-electron chi connectivity index (χ3n) is 2.95. The molecule has 1 aromatic carbocycles. The van der Waals surface area contributed by atoms with Crippen LogP contribution < -0.4 is 5.32 Å². The van der Waals surface area contributed by atoms with Gasteiger partial charge in [0.05, 0.1) is 10.9 Å². The molecule has 23 heavy (non-hydrogen) atoms. The lowest BCUT2D eigenvalue weighted by Gasteiger charge is -2.06. The molecule has 8 heteroatoms. The molecule has 1 unspecified atom stereocenters. The van der Waals surface area contributed by atoms with Crippen molar-refractivity contribution in [3.8, 4) is 11.5 Å². The Labute approximate surface area is 136 Å². The van der Waals surface area contributed by atoms with E-state index < -0.39 is 5.25 Å². The number of nitrogens with one attached hydrogen (secondary N) is 1. The molecule has 0 fully saturated rings.